The second-order valence-electron chi connectivity index (χ2n) is 3.86. The summed E-state index contributed by atoms with van der Waals surface area (Å²) in [7, 11) is -3.56. The monoisotopic (exact) mass is 300 g/mol. The van der Waals surface area contributed by atoms with E-state index in [0.717, 1.165) is 5.82 Å². The van der Waals surface area contributed by atoms with E-state index in [1.54, 1.807) is 18.2 Å². The third kappa shape index (κ3) is 3.76. The van der Waals surface area contributed by atoms with Gasteiger partial charge in [0.25, 0.3) is 0 Å². The number of hydrogen-bond donors (Lipinski definition) is 2. The maximum absolute atomic E-state index is 12.0. The molecule has 0 aliphatic heterocycles. The Hall–Kier alpha value is -1.44. The van der Waals surface area contributed by atoms with Gasteiger partial charge in [0.1, 0.15) is 17.0 Å². The van der Waals surface area contributed by atoms with E-state index in [-0.39, 0.29) is 9.92 Å². The molecule has 0 aliphatic carbocycles. The molecule has 0 amide bonds. The molecule has 0 spiro atoms. The van der Waals surface area contributed by atoms with Gasteiger partial charge < -0.3 is 0 Å². The fourth-order valence-corrected chi connectivity index (χ4v) is 3.15. The van der Waals surface area contributed by atoms with Crippen LogP contribution in [0.25, 0.3) is 0 Å². The van der Waals surface area contributed by atoms with Crippen molar-refractivity contribution in [3.8, 4) is 0 Å². The van der Waals surface area contributed by atoms with Gasteiger partial charge in [-0.1, -0.05) is 23.7 Å². The summed E-state index contributed by atoms with van der Waals surface area (Å²) in [4.78, 5) is 4.05. The van der Waals surface area contributed by atoms with Crippen molar-refractivity contribution in [3.05, 3.63) is 41.4 Å². The summed E-state index contributed by atoms with van der Waals surface area (Å²) in [6.45, 7) is 0.314. The van der Waals surface area contributed by atoms with Crippen LogP contribution in [0.2, 0.25) is 5.02 Å². The molecular formula is C11H13ClN4O2S. The molecule has 0 aliphatic rings. The first-order valence-corrected chi connectivity index (χ1v) is 7.54. The van der Waals surface area contributed by atoms with E-state index in [0.29, 0.717) is 19.4 Å². The summed E-state index contributed by atoms with van der Waals surface area (Å²) in [5.41, 5.74) is 0. The molecule has 2 rings (SSSR count). The number of rotatable bonds is 6. The van der Waals surface area contributed by atoms with E-state index in [2.05, 4.69) is 19.9 Å². The number of nitrogens with zero attached hydrogens (tertiary/aromatic N) is 2. The van der Waals surface area contributed by atoms with Gasteiger partial charge in [-0.15, -0.1) is 0 Å². The summed E-state index contributed by atoms with van der Waals surface area (Å²) < 4.78 is 26.5. The first-order chi connectivity index (χ1) is 9.09. The second kappa shape index (κ2) is 6.14. The molecule has 19 heavy (non-hydrogen) atoms. The number of aromatic amines is 1. The number of halogens is 1. The van der Waals surface area contributed by atoms with Crippen molar-refractivity contribution in [1.82, 2.24) is 19.9 Å². The van der Waals surface area contributed by atoms with E-state index >= 15 is 0 Å². The van der Waals surface area contributed by atoms with Gasteiger partial charge in [-0.3, -0.25) is 5.10 Å². The Morgan fingerprint density at radius 2 is 2.11 bits per heavy atom. The lowest BCUT2D eigenvalue weighted by molar-refractivity contribution is 0.578. The second-order valence-corrected chi connectivity index (χ2v) is 6.01. The minimum atomic E-state index is -3.56. The average molecular weight is 301 g/mol. The predicted molar refractivity (Wildman–Crippen MR) is 71.3 cm³/mol. The Morgan fingerprint density at radius 3 is 2.79 bits per heavy atom. The molecule has 0 unspecified atom stereocenters. The zero-order valence-corrected chi connectivity index (χ0v) is 11.6. The molecule has 102 valence electrons. The molecule has 0 saturated heterocycles. The van der Waals surface area contributed by atoms with Crippen LogP contribution >= 0.6 is 11.6 Å². The van der Waals surface area contributed by atoms with E-state index < -0.39 is 10.0 Å². The van der Waals surface area contributed by atoms with Crippen molar-refractivity contribution >= 4 is 21.6 Å². The van der Waals surface area contributed by atoms with Crippen molar-refractivity contribution in [2.24, 2.45) is 0 Å². The average Bonchev–Trinajstić information content (AvgIpc) is 2.88. The van der Waals surface area contributed by atoms with Gasteiger partial charge >= 0.3 is 0 Å². The van der Waals surface area contributed by atoms with E-state index in [1.165, 1.54) is 12.4 Å². The highest BCUT2D eigenvalue weighted by molar-refractivity contribution is 7.89. The van der Waals surface area contributed by atoms with Gasteiger partial charge in [0, 0.05) is 13.0 Å². The lowest BCUT2D eigenvalue weighted by atomic mass is 10.3. The molecule has 1 aromatic heterocycles. The zero-order chi connectivity index (χ0) is 13.7. The van der Waals surface area contributed by atoms with Gasteiger partial charge in [-0.05, 0) is 18.6 Å². The van der Waals surface area contributed by atoms with Crippen LogP contribution in [0.4, 0.5) is 0 Å². The molecule has 1 aromatic carbocycles. The smallest absolute Gasteiger partial charge is 0.242 e. The Kier molecular flexibility index (Phi) is 4.52. The number of nitrogens with one attached hydrogen (secondary N) is 2. The molecule has 2 N–H and O–H groups in total. The topological polar surface area (TPSA) is 87.7 Å². The summed E-state index contributed by atoms with van der Waals surface area (Å²) >= 11 is 5.86. The molecule has 2 aromatic rings. The quantitative estimate of drug-likeness (QED) is 0.789. The molecule has 0 bridgehead atoms. The third-order valence-corrected chi connectivity index (χ3v) is 4.43. The summed E-state index contributed by atoms with van der Waals surface area (Å²) in [5, 5.41) is 6.65. The molecule has 0 radical (unpaired) electrons. The minimum Gasteiger partial charge on any atom is -0.263 e. The van der Waals surface area contributed by atoms with E-state index in [4.69, 9.17) is 11.6 Å². The lowest BCUT2D eigenvalue weighted by Gasteiger charge is -2.07. The number of sulfonamides is 1. The highest BCUT2D eigenvalue weighted by Crippen LogP contribution is 2.19. The normalized spacial score (nSPS) is 11.6. The van der Waals surface area contributed by atoms with Crippen LogP contribution in [0.15, 0.2) is 35.5 Å². The summed E-state index contributed by atoms with van der Waals surface area (Å²) in [6.07, 6.45) is 2.67. The van der Waals surface area contributed by atoms with Crippen molar-refractivity contribution in [2.45, 2.75) is 17.7 Å². The van der Waals surface area contributed by atoms with E-state index in [1.807, 2.05) is 0 Å². The molecule has 0 fully saturated rings. The Labute approximate surface area is 116 Å². The highest BCUT2D eigenvalue weighted by Gasteiger charge is 2.16. The van der Waals surface area contributed by atoms with Gasteiger partial charge in [0.05, 0.1) is 5.02 Å². The molecule has 0 saturated carbocycles. The van der Waals surface area contributed by atoms with Crippen LogP contribution in [0.3, 0.4) is 0 Å². The van der Waals surface area contributed by atoms with Crippen molar-refractivity contribution < 1.29 is 8.42 Å². The molecule has 6 nitrogen and oxygen atoms in total. The standard InChI is InChI=1S/C11H13ClN4O2S/c12-9-4-1-2-5-10(9)19(17,18)15-7-3-6-11-13-8-14-16-11/h1-2,4-5,8,15H,3,6-7H2,(H,13,14,16). The third-order valence-electron chi connectivity index (χ3n) is 2.47. The predicted octanol–water partition coefficient (Wildman–Crippen LogP) is 1.37. The summed E-state index contributed by atoms with van der Waals surface area (Å²) in [6, 6.07) is 6.34. The largest absolute Gasteiger partial charge is 0.263 e. The molecular weight excluding hydrogens is 288 g/mol. The number of benzene rings is 1. The lowest BCUT2D eigenvalue weighted by Crippen LogP contribution is -2.25. The number of hydrogen-bond acceptors (Lipinski definition) is 4. The maximum atomic E-state index is 12.0. The first-order valence-electron chi connectivity index (χ1n) is 5.68. The highest BCUT2D eigenvalue weighted by atomic mass is 35.5. The summed E-state index contributed by atoms with van der Waals surface area (Å²) in [5.74, 6) is 0.733. The van der Waals surface area contributed by atoms with Crippen LogP contribution in [-0.4, -0.2) is 30.1 Å². The van der Waals surface area contributed by atoms with Gasteiger partial charge in [-0.25, -0.2) is 18.1 Å². The zero-order valence-electron chi connectivity index (χ0n) is 10.0. The number of aromatic nitrogens is 3. The maximum Gasteiger partial charge on any atom is 0.242 e. The fourth-order valence-electron chi connectivity index (χ4n) is 1.55. The number of aryl methyl sites for hydroxylation is 1. The van der Waals surface area contributed by atoms with Gasteiger partial charge in [0.15, 0.2) is 0 Å². The first kappa shape index (κ1) is 14.0. The fraction of sp³-hybridized carbons (Fsp3) is 0.273. The SMILES string of the molecule is O=S(=O)(NCCCc1ncn[nH]1)c1ccccc1Cl. The minimum absolute atomic E-state index is 0.0938. The molecule has 0 atom stereocenters. The van der Waals surface area contributed by atoms with Crippen LogP contribution < -0.4 is 4.72 Å². The Bertz CT molecular complexity index is 628. The van der Waals surface area contributed by atoms with Crippen LogP contribution in [0, 0.1) is 0 Å². The van der Waals surface area contributed by atoms with Crippen LogP contribution in [0.5, 0.6) is 0 Å². The molecule has 8 heteroatoms. The van der Waals surface area contributed by atoms with Crippen LogP contribution in [0.1, 0.15) is 12.2 Å². The Morgan fingerprint density at radius 1 is 1.32 bits per heavy atom. The van der Waals surface area contributed by atoms with Crippen molar-refractivity contribution in [3.63, 3.8) is 0 Å². The van der Waals surface area contributed by atoms with Crippen molar-refractivity contribution in [2.75, 3.05) is 6.54 Å². The van der Waals surface area contributed by atoms with Crippen LogP contribution in [-0.2, 0) is 16.4 Å². The number of H-pyrrole nitrogens is 1. The van der Waals surface area contributed by atoms with Crippen molar-refractivity contribution in [1.29, 1.82) is 0 Å². The van der Waals surface area contributed by atoms with Gasteiger partial charge in [-0.2, -0.15) is 5.10 Å². The van der Waals surface area contributed by atoms with Gasteiger partial charge in [0.2, 0.25) is 10.0 Å². The Balaban J connectivity index is 1.90. The molecule has 1 heterocycles. The van der Waals surface area contributed by atoms with E-state index in [9.17, 15) is 8.42 Å².